The smallest absolute Gasteiger partial charge is 0.359 e. The molecule has 0 fully saturated rings. The van der Waals surface area contributed by atoms with E-state index in [4.69, 9.17) is 16.3 Å². The molecule has 0 aliphatic carbocycles. The highest BCUT2D eigenvalue weighted by atomic mass is 35.5. The van der Waals surface area contributed by atoms with Crippen LogP contribution in [-0.4, -0.2) is 33.2 Å². The molecule has 34 heavy (non-hydrogen) atoms. The first-order chi connectivity index (χ1) is 16.5. The molecule has 2 N–H and O–H groups in total. The lowest BCUT2D eigenvalue weighted by Crippen LogP contribution is -2.25. The number of esters is 1. The Morgan fingerprint density at radius 2 is 1.91 bits per heavy atom. The molecule has 0 atom stereocenters. The van der Waals surface area contributed by atoms with E-state index in [1.54, 1.807) is 42.8 Å². The van der Waals surface area contributed by atoms with Gasteiger partial charge in [-0.05, 0) is 37.3 Å². The Morgan fingerprint density at radius 1 is 1.15 bits per heavy atom. The Kier molecular flexibility index (Phi) is 5.64. The van der Waals surface area contributed by atoms with Gasteiger partial charge in [0.15, 0.2) is 5.69 Å². The molecule has 0 saturated heterocycles. The Hall–Kier alpha value is -3.95. The third-order valence-electron chi connectivity index (χ3n) is 5.25. The number of benzene rings is 2. The zero-order valence-corrected chi connectivity index (χ0v) is 19.4. The molecule has 0 radical (unpaired) electrons. The molecule has 5 aromatic rings. The highest BCUT2D eigenvalue weighted by Crippen LogP contribution is 2.31. The monoisotopic (exact) mass is 492 g/mol. The van der Waals surface area contributed by atoms with Crippen LogP contribution in [0.4, 0.5) is 5.00 Å². The van der Waals surface area contributed by atoms with Gasteiger partial charge >= 0.3 is 5.97 Å². The van der Waals surface area contributed by atoms with Crippen LogP contribution in [-0.2, 0) is 4.74 Å². The van der Waals surface area contributed by atoms with Gasteiger partial charge in [0.25, 0.3) is 11.5 Å². The van der Waals surface area contributed by atoms with Crippen LogP contribution in [0, 0.1) is 0 Å². The fraction of sp³-hybridized carbons (Fsp3) is 0.0833. The molecule has 0 bridgehead atoms. The molecular formula is C24H17ClN4O4S. The van der Waals surface area contributed by atoms with Crippen LogP contribution < -0.4 is 10.9 Å². The van der Waals surface area contributed by atoms with Crippen molar-refractivity contribution in [2.75, 3.05) is 11.9 Å². The number of H-pyrrole nitrogens is 1. The van der Waals surface area contributed by atoms with E-state index in [0.717, 1.165) is 26.9 Å². The van der Waals surface area contributed by atoms with E-state index >= 15 is 0 Å². The van der Waals surface area contributed by atoms with Gasteiger partial charge in [0.2, 0.25) is 0 Å². The molecule has 1 amide bonds. The molecule has 0 aliphatic rings. The van der Waals surface area contributed by atoms with E-state index in [2.05, 4.69) is 15.4 Å². The predicted octanol–water partition coefficient (Wildman–Crippen LogP) is 5.01. The van der Waals surface area contributed by atoms with Gasteiger partial charge in [0.05, 0.1) is 23.2 Å². The molecule has 0 aliphatic heterocycles. The molecule has 0 spiro atoms. The number of carbonyl (C=O) groups is 2. The van der Waals surface area contributed by atoms with Crippen molar-refractivity contribution in [3.8, 4) is 5.69 Å². The highest BCUT2D eigenvalue weighted by molar-refractivity contribution is 7.16. The number of aromatic nitrogens is 3. The lowest BCUT2D eigenvalue weighted by atomic mass is 10.1. The van der Waals surface area contributed by atoms with Crippen LogP contribution >= 0.6 is 22.9 Å². The van der Waals surface area contributed by atoms with E-state index in [1.807, 2.05) is 24.3 Å². The maximum atomic E-state index is 13.5. The molecule has 0 saturated carbocycles. The lowest BCUT2D eigenvalue weighted by Gasteiger charge is -2.10. The first-order valence-corrected chi connectivity index (χ1v) is 11.6. The molecule has 8 nitrogen and oxygen atoms in total. The van der Waals surface area contributed by atoms with E-state index in [9.17, 15) is 14.4 Å². The minimum Gasteiger partial charge on any atom is -0.461 e. The maximum absolute atomic E-state index is 13.5. The third kappa shape index (κ3) is 3.74. The largest absolute Gasteiger partial charge is 0.461 e. The lowest BCUT2D eigenvalue weighted by molar-refractivity contribution is 0.0520. The second-order valence-electron chi connectivity index (χ2n) is 7.32. The summed E-state index contributed by atoms with van der Waals surface area (Å²) < 4.78 is 6.27. The normalized spacial score (nSPS) is 11.1. The van der Waals surface area contributed by atoms with E-state index in [0.29, 0.717) is 26.7 Å². The molecule has 0 unspecified atom stereocenters. The number of thiophene rings is 1. The van der Waals surface area contributed by atoms with Gasteiger partial charge in [-0.15, -0.1) is 11.3 Å². The average Bonchev–Trinajstić information content (AvgIpc) is 3.45. The number of nitrogens with one attached hydrogen (secondary N) is 2. The summed E-state index contributed by atoms with van der Waals surface area (Å²) in [7, 11) is 0. The van der Waals surface area contributed by atoms with Gasteiger partial charge in [-0.25, -0.2) is 4.79 Å². The van der Waals surface area contributed by atoms with Gasteiger partial charge < -0.3 is 15.0 Å². The summed E-state index contributed by atoms with van der Waals surface area (Å²) in [6.45, 7) is 1.83. The summed E-state index contributed by atoms with van der Waals surface area (Å²) in [6, 6.07) is 13.9. The summed E-state index contributed by atoms with van der Waals surface area (Å²) >= 11 is 7.12. The van der Waals surface area contributed by atoms with E-state index in [1.165, 1.54) is 0 Å². The summed E-state index contributed by atoms with van der Waals surface area (Å²) in [5, 5.41) is 10.8. The number of aromatic amines is 1. The number of ether oxygens (including phenoxy) is 1. The van der Waals surface area contributed by atoms with Crippen LogP contribution in [0.2, 0.25) is 5.02 Å². The second-order valence-corrected chi connectivity index (χ2v) is 8.63. The molecule has 3 aromatic heterocycles. The summed E-state index contributed by atoms with van der Waals surface area (Å²) in [4.78, 5) is 42.3. The Balaban J connectivity index is 1.66. The number of rotatable bonds is 5. The molecule has 2 aromatic carbocycles. The third-order valence-corrected chi connectivity index (χ3v) is 6.40. The Morgan fingerprint density at radius 3 is 2.68 bits per heavy atom. The molecule has 170 valence electrons. The number of hydrogen-bond acceptors (Lipinski definition) is 6. The maximum Gasteiger partial charge on any atom is 0.359 e. The van der Waals surface area contributed by atoms with Crippen molar-refractivity contribution in [1.29, 1.82) is 0 Å². The van der Waals surface area contributed by atoms with E-state index < -0.39 is 11.5 Å². The number of halogens is 1. The van der Waals surface area contributed by atoms with Crippen LogP contribution in [0.25, 0.3) is 27.4 Å². The minimum atomic E-state index is -0.664. The van der Waals surface area contributed by atoms with Gasteiger partial charge in [-0.1, -0.05) is 29.8 Å². The average molecular weight is 493 g/mol. The first-order valence-electron chi connectivity index (χ1n) is 10.3. The molecule has 10 heteroatoms. The predicted molar refractivity (Wildman–Crippen MR) is 132 cm³/mol. The van der Waals surface area contributed by atoms with Gasteiger partial charge in [0.1, 0.15) is 5.00 Å². The molecule has 3 heterocycles. The van der Waals surface area contributed by atoms with Gasteiger partial charge in [0, 0.05) is 32.9 Å². The van der Waals surface area contributed by atoms with Crippen molar-refractivity contribution in [2.24, 2.45) is 0 Å². The second kappa shape index (κ2) is 8.77. The fourth-order valence-electron chi connectivity index (χ4n) is 3.68. The Bertz CT molecular complexity index is 1620. The number of amides is 1. The van der Waals surface area contributed by atoms with Crippen molar-refractivity contribution >= 4 is 61.5 Å². The fourth-order valence-corrected chi connectivity index (χ4v) is 4.74. The molecular weight excluding hydrogens is 476 g/mol. The first kappa shape index (κ1) is 21.9. The van der Waals surface area contributed by atoms with Crippen molar-refractivity contribution in [2.45, 2.75) is 6.92 Å². The van der Waals surface area contributed by atoms with Crippen molar-refractivity contribution < 1.29 is 14.3 Å². The van der Waals surface area contributed by atoms with Gasteiger partial charge in [-0.3, -0.25) is 9.59 Å². The van der Waals surface area contributed by atoms with Gasteiger partial charge in [-0.2, -0.15) is 9.78 Å². The topological polar surface area (TPSA) is 106 Å². The van der Waals surface area contributed by atoms with Crippen molar-refractivity contribution in [3.05, 3.63) is 86.7 Å². The quantitative estimate of drug-likeness (QED) is 0.335. The SMILES string of the molecule is CCOC(=O)c1nn(-c2ccc(Cl)cc2)c(=O)c2c(NC(=O)c3c[nH]c4ccccc34)scc12. The minimum absolute atomic E-state index is 0.0183. The van der Waals surface area contributed by atoms with Crippen molar-refractivity contribution in [3.63, 3.8) is 0 Å². The number of nitrogens with zero attached hydrogens (tertiary/aromatic N) is 2. The zero-order chi connectivity index (χ0) is 23.8. The molecule has 5 rings (SSSR count). The van der Waals surface area contributed by atoms with Crippen LogP contribution in [0.15, 0.2) is 64.9 Å². The number of anilines is 1. The number of para-hydroxylation sites is 1. The number of hydrogen-bond donors (Lipinski definition) is 2. The summed E-state index contributed by atoms with van der Waals surface area (Å²) in [5.41, 5.74) is 1.18. The van der Waals surface area contributed by atoms with Crippen molar-refractivity contribution in [1.82, 2.24) is 14.8 Å². The Labute approximate surface area is 201 Å². The summed E-state index contributed by atoms with van der Waals surface area (Å²) in [5.74, 6) is -1.05. The van der Waals surface area contributed by atoms with Crippen LogP contribution in [0.5, 0.6) is 0 Å². The number of fused-ring (bicyclic) bond motifs is 2. The number of carbonyl (C=O) groups excluding carboxylic acids is 2. The highest BCUT2D eigenvalue weighted by Gasteiger charge is 2.24. The van der Waals surface area contributed by atoms with Crippen LogP contribution in [0.3, 0.4) is 0 Å². The van der Waals surface area contributed by atoms with Crippen LogP contribution in [0.1, 0.15) is 27.8 Å². The summed E-state index contributed by atoms with van der Waals surface area (Å²) in [6.07, 6.45) is 1.62. The standard InChI is InChI=1S/C24H17ClN4O4S/c1-2-33-24(32)20-17-12-34-22(27-21(30)16-11-26-18-6-4-3-5-15(16)18)19(17)23(31)29(28-20)14-9-7-13(25)8-10-14/h3-12,26H,2H2,1H3,(H,27,30). The zero-order valence-electron chi connectivity index (χ0n) is 17.8. The van der Waals surface area contributed by atoms with E-state index in [-0.39, 0.29) is 23.6 Å².